The van der Waals surface area contributed by atoms with Crippen LogP contribution in [-0.4, -0.2) is 36.2 Å². The van der Waals surface area contributed by atoms with E-state index < -0.39 is 32.6 Å². The summed E-state index contributed by atoms with van der Waals surface area (Å²) < 4.78 is 44.4. The van der Waals surface area contributed by atoms with Gasteiger partial charge < -0.3 is 5.32 Å². The van der Waals surface area contributed by atoms with E-state index in [1.54, 1.807) is 26.0 Å². The van der Waals surface area contributed by atoms with Gasteiger partial charge in [0.1, 0.15) is 24.7 Å². The van der Waals surface area contributed by atoms with Crippen LogP contribution in [0.5, 0.6) is 0 Å². The Morgan fingerprint density at radius 2 is 1.76 bits per heavy atom. The number of fused-ring (bicyclic) bond motifs is 1. The summed E-state index contributed by atoms with van der Waals surface area (Å²) in [4.78, 5) is 41.0. The second kappa shape index (κ2) is 9.01. The molecule has 2 aromatic heterocycles. The van der Waals surface area contributed by atoms with Gasteiger partial charge in [-0.05, 0) is 50.1 Å². The Hall–Kier alpha value is -4.13. The van der Waals surface area contributed by atoms with E-state index in [1.807, 2.05) is 0 Å². The number of halogens is 1. The first-order valence-electron chi connectivity index (χ1n) is 11.9. The van der Waals surface area contributed by atoms with E-state index in [0.717, 1.165) is 10.8 Å². The SMILES string of the molecule is Bc1ccc(Nc2c(C)c(=O)n(C)c3c2c(=O)n(C2CC2)c(=O)n3-c2cccc(NS(C)(=O)=O)c2)c(F)c1. The fourth-order valence-electron chi connectivity index (χ4n) is 4.61. The van der Waals surface area contributed by atoms with Crippen molar-refractivity contribution >= 4 is 51.4 Å². The van der Waals surface area contributed by atoms with E-state index in [0.29, 0.717) is 18.3 Å². The largest absolute Gasteiger partial charge is 0.352 e. The zero-order chi connectivity index (χ0) is 27.5. The molecule has 13 heteroatoms. The fourth-order valence-corrected chi connectivity index (χ4v) is 5.17. The molecule has 2 aromatic carbocycles. The molecule has 0 saturated heterocycles. The van der Waals surface area contributed by atoms with Gasteiger partial charge in [-0.25, -0.2) is 22.2 Å². The van der Waals surface area contributed by atoms with Crippen LogP contribution in [0.25, 0.3) is 16.7 Å². The normalized spacial score (nSPS) is 13.6. The zero-order valence-electron chi connectivity index (χ0n) is 21.2. The van der Waals surface area contributed by atoms with E-state index in [1.165, 1.54) is 47.4 Å². The Bertz CT molecular complexity index is 1930. The average Bonchev–Trinajstić information content (AvgIpc) is 3.66. The molecule has 1 aliphatic rings. The third-order valence-corrected chi connectivity index (χ3v) is 7.14. The molecule has 2 heterocycles. The van der Waals surface area contributed by atoms with Crippen LogP contribution in [0, 0.1) is 12.7 Å². The van der Waals surface area contributed by atoms with Crippen LogP contribution < -0.4 is 32.3 Å². The van der Waals surface area contributed by atoms with Crippen molar-refractivity contribution in [3.05, 3.63) is 85.0 Å². The highest BCUT2D eigenvalue weighted by Gasteiger charge is 2.31. The summed E-state index contributed by atoms with van der Waals surface area (Å²) in [7, 11) is -0.420. The summed E-state index contributed by atoms with van der Waals surface area (Å²) in [6.07, 6.45) is 2.27. The van der Waals surface area contributed by atoms with Crippen molar-refractivity contribution < 1.29 is 12.8 Å². The molecule has 0 bridgehead atoms. The van der Waals surface area contributed by atoms with Crippen molar-refractivity contribution in [2.45, 2.75) is 25.8 Å². The molecule has 0 spiro atoms. The number of aromatic nitrogens is 3. The average molecular weight is 537 g/mol. The molecule has 4 aromatic rings. The maximum absolute atomic E-state index is 14.8. The molecule has 1 saturated carbocycles. The predicted molar refractivity (Wildman–Crippen MR) is 148 cm³/mol. The van der Waals surface area contributed by atoms with Crippen molar-refractivity contribution in [3.63, 3.8) is 0 Å². The van der Waals surface area contributed by atoms with Crippen molar-refractivity contribution in [1.82, 2.24) is 13.7 Å². The second-order valence-corrected chi connectivity index (χ2v) is 11.4. The van der Waals surface area contributed by atoms with E-state index in [2.05, 4.69) is 10.0 Å². The molecule has 10 nitrogen and oxygen atoms in total. The van der Waals surface area contributed by atoms with Crippen LogP contribution in [0.3, 0.4) is 0 Å². The first-order valence-corrected chi connectivity index (χ1v) is 13.8. The first kappa shape index (κ1) is 25.5. The molecular weight excluding hydrogens is 512 g/mol. The predicted octanol–water partition coefficient (Wildman–Crippen LogP) is 1.01. The smallest absolute Gasteiger partial charge is 0.337 e. The van der Waals surface area contributed by atoms with Gasteiger partial charge in [-0.1, -0.05) is 17.6 Å². The third-order valence-electron chi connectivity index (χ3n) is 6.54. The molecule has 196 valence electrons. The molecule has 1 aliphatic carbocycles. The van der Waals surface area contributed by atoms with Crippen LogP contribution in [0.4, 0.5) is 21.5 Å². The lowest BCUT2D eigenvalue weighted by Gasteiger charge is -2.21. The molecule has 1 fully saturated rings. The minimum absolute atomic E-state index is 0.000902. The number of aryl methyl sites for hydroxylation is 1. The molecule has 0 aliphatic heterocycles. The van der Waals surface area contributed by atoms with E-state index >= 15 is 0 Å². The molecule has 0 radical (unpaired) electrons. The number of hydrogen-bond donors (Lipinski definition) is 2. The highest BCUT2D eigenvalue weighted by molar-refractivity contribution is 7.92. The lowest BCUT2D eigenvalue weighted by Crippen LogP contribution is -2.41. The number of rotatable bonds is 6. The summed E-state index contributed by atoms with van der Waals surface area (Å²) in [5.74, 6) is -0.561. The molecular formula is C25H25BFN5O5S. The first-order chi connectivity index (χ1) is 17.9. The molecule has 2 N–H and O–H groups in total. The number of hydrogen-bond acceptors (Lipinski definition) is 6. The Labute approximate surface area is 217 Å². The number of nitrogens with one attached hydrogen (secondary N) is 2. The van der Waals surface area contributed by atoms with E-state index in [4.69, 9.17) is 0 Å². The number of benzene rings is 2. The molecule has 0 amide bonds. The van der Waals surface area contributed by atoms with Gasteiger partial charge in [0, 0.05) is 18.7 Å². The van der Waals surface area contributed by atoms with Crippen LogP contribution in [0.2, 0.25) is 0 Å². The Morgan fingerprint density at radius 3 is 2.39 bits per heavy atom. The van der Waals surface area contributed by atoms with Crippen LogP contribution in [0.1, 0.15) is 24.4 Å². The maximum atomic E-state index is 14.8. The Kier molecular flexibility index (Phi) is 6.05. The standard InChI is InChI=1S/C25H25BFN5O5S/c1-13-21(28-19-10-7-14(26)11-18(19)27)20-22(30(2)23(13)33)31(25(35)32(24(20)34)16-8-9-16)17-6-4-5-15(12-17)29-38(3,36)37/h4-7,10-12,16,28-29H,8-9,26H2,1-3H3. The van der Waals surface area contributed by atoms with Crippen molar-refractivity contribution in [2.75, 3.05) is 16.3 Å². The maximum Gasteiger partial charge on any atom is 0.337 e. The van der Waals surface area contributed by atoms with E-state index in [-0.39, 0.29) is 45.4 Å². The summed E-state index contributed by atoms with van der Waals surface area (Å²) in [6.45, 7) is 1.53. The van der Waals surface area contributed by atoms with Crippen molar-refractivity contribution in [3.8, 4) is 5.69 Å². The lowest BCUT2D eigenvalue weighted by molar-refractivity contribution is 0.607. The highest BCUT2D eigenvalue weighted by atomic mass is 32.2. The van der Waals surface area contributed by atoms with Gasteiger partial charge in [0.25, 0.3) is 11.1 Å². The van der Waals surface area contributed by atoms with Gasteiger partial charge >= 0.3 is 5.69 Å². The molecule has 0 atom stereocenters. The number of nitrogens with zero attached hydrogens (tertiary/aromatic N) is 3. The molecule has 0 unspecified atom stereocenters. The monoisotopic (exact) mass is 537 g/mol. The minimum Gasteiger partial charge on any atom is -0.352 e. The van der Waals surface area contributed by atoms with Gasteiger partial charge in [-0.2, -0.15) is 0 Å². The fraction of sp³-hybridized carbons (Fsp3) is 0.240. The summed E-state index contributed by atoms with van der Waals surface area (Å²) in [5, 5.41) is 2.98. The Morgan fingerprint density at radius 1 is 1.05 bits per heavy atom. The third kappa shape index (κ3) is 4.42. The summed E-state index contributed by atoms with van der Waals surface area (Å²) >= 11 is 0. The van der Waals surface area contributed by atoms with Crippen molar-refractivity contribution in [2.24, 2.45) is 7.05 Å². The number of sulfonamides is 1. The van der Waals surface area contributed by atoms with Gasteiger partial charge in [0.05, 0.1) is 29.0 Å². The van der Waals surface area contributed by atoms with Crippen LogP contribution >= 0.6 is 0 Å². The Balaban J connectivity index is 1.90. The van der Waals surface area contributed by atoms with Gasteiger partial charge in [-0.3, -0.25) is 23.4 Å². The van der Waals surface area contributed by atoms with E-state index in [9.17, 15) is 27.2 Å². The summed E-state index contributed by atoms with van der Waals surface area (Å²) in [6, 6.07) is 10.3. The van der Waals surface area contributed by atoms with Crippen molar-refractivity contribution in [1.29, 1.82) is 0 Å². The zero-order valence-corrected chi connectivity index (χ0v) is 22.0. The number of pyridine rings is 1. The molecule has 38 heavy (non-hydrogen) atoms. The summed E-state index contributed by atoms with van der Waals surface area (Å²) in [5.41, 5.74) is -0.249. The number of anilines is 3. The van der Waals surface area contributed by atoms with Crippen LogP contribution in [0.15, 0.2) is 56.8 Å². The van der Waals surface area contributed by atoms with Gasteiger partial charge in [0.15, 0.2) is 0 Å². The van der Waals surface area contributed by atoms with Crippen LogP contribution in [-0.2, 0) is 17.1 Å². The lowest BCUT2D eigenvalue weighted by atomic mass is 9.96. The topological polar surface area (TPSA) is 124 Å². The van der Waals surface area contributed by atoms with Gasteiger partial charge in [-0.15, -0.1) is 0 Å². The van der Waals surface area contributed by atoms with Gasteiger partial charge in [0.2, 0.25) is 10.0 Å². The second-order valence-electron chi connectivity index (χ2n) is 9.62. The quantitative estimate of drug-likeness (QED) is 0.354. The highest BCUT2D eigenvalue weighted by Crippen LogP contribution is 2.34. The molecule has 5 rings (SSSR count). The minimum atomic E-state index is -3.61.